The minimum Gasteiger partial charge on any atom is -0.421 e. The summed E-state index contributed by atoms with van der Waals surface area (Å²) in [4.78, 5) is 22.1. The average Bonchev–Trinajstić information content (AvgIpc) is 2.32. The summed E-state index contributed by atoms with van der Waals surface area (Å²) in [5, 5.41) is 0. The van der Waals surface area contributed by atoms with Gasteiger partial charge in [0.1, 0.15) is 0 Å². The minimum absolute atomic E-state index is 0.448. The van der Waals surface area contributed by atoms with Crippen LogP contribution in [0.2, 0.25) is 0 Å². The van der Waals surface area contributed by atoms with Gasteiger partial charge in [0, 0.05) is 19.4 Å². The molecule has 0 bridgehead atoms. The molecule has 0 unspecified atom stereocenters. The number of allylic oxidation sites excluding steroid dienone is 1. The van der Waals surface area contributed by atoms with Crippen LogP contribution in [0.1, 0.15) is 66.2 Å². The third kappa shape index (κ3) is 9.28. The molecule has 0 aliphatic heterocycles. The topological polar surface area (TPSA) is 52.6 Å². The summed E-state index contributed by atoms with van der Waals surface area (Å²) in [5.41, 5.74) is 0.849. The van der Waals surface area contributed by atoms with E-state index in [2.05, 4.69) is 6.92 Å². The zero-order valence-electron chi connectivity index (χ0n) is 12.5. The molecule has 4 heteroatoms. The number of hydrogen-bond acceptors (Lipinski definition) is 4. The second-order valence-electron chi connectivity index (χ2n) is 4.53. The van der Waals surface area contributed by atoms with E-state index >= 15 is 0 Å². The maximum absolute atomic E-state index is 11.0. The molecule has 0 atom stereocenters. The Morgan fingerprint density at radius 2 is 1.58 bits per heavy atom. The lowest BCUT2D eigenvalue weighted by atomic mass is 10.1. The summed E-state index contributed by atoms with van der Waals surface area (Å²) in [6.07, 6.45) is 7.49. The van der Waals surface area contributed by atoms with Gasteiger partial charge < -0.3 is 9.47 Å². The number of esters is 2. The summed E-state index contributed by atoms with van der Waals surface area (Å²) >= 11 is 0. The molecule has 0 spiro atoms. The Labute approximate surface area is 116 Å². The van der Waals surface area contributed by atoms with Crippen LogP contribution in [0.4, 0.5) is 0 Å². The van der Waals surface area contributed by atoms with Gasteiger partial charge in [0.25, 0.3) is 6.29 Å². The molecule has 0 aliphatic carbocycles. The number of carbonyl (C=O) groups excluding carboxylic acids is 2. The molecular formula is C15H26O4. The van der Waals surface area contributed by atoms with Gasteiger partial charge in [-0.05, 0) is 19.3 Å². The summed E-state index contributed by atoms with van der Waals surface area (Å²) in [6, 6.07) is 0. The van der Waals surface area contributed by atoms with Crippen LogP contribution in [0.3, 0.4) is 0 Å². The first-order chi connectivity index (χ1) is 9.01. The summed E-state index contributed by atoms with van der Waals surface area (Å²) in [7, 11) is 0. The Morgan fingerprint density at radius 3 is 2.00 bits per heavy atom. The van der Waals surface area contributed by atoms with E-state index < -0.39 is 18.2 Å². The van der Waals surface area contributed by atoms with E-state index in [9.17, 15) is 9.59 Å². The lowest BCUT2D eigenvalue weighted by Crippen LogP contribution is -2.24. The molecule has 4 nitrogen and oxygen atoms in total. The predicted molar refractivity (Wildman–Crippen MR) is 74.5 cm³/mol. The van der Waals surface area contributed by atoms with Crippen LogP contribution in [0.15, 0.2) is 11.6 Å². The summed E-state index contributed by atoms with van der Waals surface area (Å²) in [5.74, 6) is -0.895. The van der Waals surface area contributed by atoms with Crippen molar-refractivity contribution in [3.8, 4) is 0 Å². The van der Waals surface area contributed by atoms with Gasteiger partial charge >= 0.3 is 11.9 Å². The van der Waals surface area contributed by atoms with E-state index in [1.807, 2.05) is 13.0 Å². The van der Waals surface area contributed by atoms with Crippen LogP contribution in [0, 0.1) is 0 Å². The monoisotopic (exact) mass is 270 g/mol. The molecule has 0 aromatic heterocycles. The number of rotatable bonds is 9. The van der Waals surface area contributed by atoms with Gasteiger partial charge in [-0.25, -0.2) is 0 Å². The van der Waals surface area contributed by atoms with Crippen LogP contribution in [0.5, 0.6) is 0 Å². The van der Waals surface area contributed by atoms with Crippen molar-refractivity contribution in [2.24, 2.45) is 0 Å². The third-order valence-corrected chi connectivity index (χ3v) is 2.72. The molecule has 110 valence electrons. The van der Waals surface area contributed by atoms with Crippen LogP contribution in [0.25, 0.3) is 0 Å². The normalized spacial score (nSPS) is 11.5. The smallest absolute Gasteiger partial charge is 0.305 e. The molecule has 0 aliphatic rings. The second kappa shape index (κ2) is 10.6. The molecule has 0 aromatic carbocycles. The molecule has 0 amide bonds. The first kappa shape index (κ1) is 17.7. The fourth-order valence-electron chi connectivity index (χ4n) is 1.74. The van der Waals surface area contributed by atoms with Crippen molar-refractivity contribution in [1.29, 1.82) is 0 Å². The van der Waals surface area contributed by atoms with Gasteiger partial charge in [-0.1, -0.05) is 39.2 Å². The highest BCUT2D eigenvalue weighted by Gasteiger charge is 2.18. The van der Waals surface area contributed by atoms with Crippen molar-refractivity contribution in [1.82, 2.24) is 0 Å². The van der Waals surface area contributed by atoms with E-state index in [0.29, 0.717) is 6.42 Å². The highest BCUT2D eigenvalue weighted by atomic mass is 16.7. The van der Waals surface area contributed by atoms with E-state index in [1.165, 1.54) is 33.1 Å². The SMILES string of the molecule is CCCCCCC=C(CC)C(OC(C)=O)OC(C)=O. The molecular weight excluding hydrogens is 244 g/mol. The minimum atomic E-state index is -0.869. The van der Waals surface area contributed by atoms with Crippen LogP contribution < -0.4 is 0 Å². The molecule has 0 N–H and O–H groups in total. The average molecular weight is 270 g/mol. The molecule has 0 rings (SSSR count). The van der Waals surface area contributed by atoms with Gasteiger partial charge in [-0.2, -0.15) is 0 Å². The molecule has 0 saturated heterocycles. The van der Waals surface area contributed by atoms with Crippen molar-refractivity contribution in [3.63, 3.8) is 0 Å². The molecule has 19 heavy (non-hydrogen) atoms. The largest absolute Gasteiger partial charge is 0.421 e. The Balaban J connectivity index is 4.48. The van der Waals surface area contributed by atoms with Crippen molar-refractivity contribution < 1.29 is 19.1 Å². The Hall–Kier alpha value is -1.32. The van der Waals surface area contributed by atoms with E-state index in [4.69, 9.17) is 9.47 Å². The lowest BCUT2D eigenvalue weighted by Gasteiger charge is -2.19. The lowest BCUT2D eigenvalue weighted by molar-refractivity contribution is -0.178. The molecule has 0 radical (unpaired) electrons. The van der Waals surface area contributed by atoms with Gasteiger partial charge in [0.15, 0.2) is 0 Å². The number of ether oxygens (including phenoxy) is 2. The first-order valence-electron chi connectivity index (χ1n) is 7.04. The molecule has 0 fully saturated rings. The van der Waals surface area contributed by atoms with Crippen molar-refractivity contribution >= 4 is 11.9 Å². The van der Waals surface area contributed by atoms with Crippen molar-refractivity contribution in [2.75, 3.05) is 0 Å². The predicted octanol–water partition coefficient (Wildman–Crippen LogP) is 3.75. The van der Waals surface area contributed by atoms with Crippen LogP contribution >= 0.6 is 0 Å². The van der Waals surface area contributed by atoms with Crippen molar-refractivity contribution in [2.45, 2.75) is 72.5 Å². The van der Waals surface area contributed by atoms with Gasteiger partial charge in [-0.15, -0.1) is 0 Å². The number of hydrogen-bond donors (Lipinski definition) is 0. The fraction of sp³-hybridized carbons (Fsp3) is 0.733. The Morgan fingerprint density at radius 1 is 1.00 bits per heavy atom. The van der Waals surface area contributed by atoms with Crippen LogP contribution in [-0.2, 0) is 19.1 Å². The zero-order valence-corrected chi connectivity index (χ0v) is 12.5. The number of carbonyl (C=O) groups is 2. The second-order valence-corrected chi connectivity index (χ2v) is 4.53. The van der Waals surface area contributed by atoms with Gasteiger partial charge in [0.2, 0.25) is 0 Å². The van der Waals surface area contributed by atoms with E-state index in [0.717, 1.165) is 18.4 Å². The van der Waals surface area contributed by atoms with Gasteiger partial charge in [0.05, 0.1) is 0 Å². The third-order valence-electron chi connectivity index (χ3n) is 2.72. The maximum atomic E-state index is 11.0. The van der Waals surface area contributed by atoms with Gasteiger partial charge in [-0.3, -0.25) is 9.59 Å². The fourth-order valence-corrected chi connectivity index (χ4v) is 1.74. The van der Waals surface area contributed by atoms with E-state index in [1.54, 1.807) is 0 Å². The molecule has 0 saturated carbocycles. The first-order valence-corrected chi connectivity index (χ1v) is 7.04. The molecule has 0 heterocycles. The Bertz CT molecular complexity index is 291. The standard InChI is InChI=1S/C15H26O4/c1-5-7-8-9-10-11-14(6-2)15(18-12(3)16)19-13(4)17/h11,15H,5-10H2,1-4H3. The van der Waals surface area contributed by atoms with Crippen molar-refractivity contribution in [3.05, 3.63) is 11.6 Å². The highest BCUT2D eigenvalue weighted by Crippen LogP contribution is 2.16. The summed E-state index contributed by atoms with van der Waals surface area (Å²) in [6.45, 7) is 6.75. The molecule has 0 aromatic rings. The zero-order chi connectivity index (χ0) is 14.7. The Kier molecular flexibility index (Phi) is 9.85. The number of unbranched alkanes of at least 4 members (excludes halogenated alkanes) is 4. The van der Waals surface area contributed by atoms with E-state index in [-0.39, 0.29) is 0 Å². The highest BCUT2D eigenvalue weighted by molar-refractivity contribution is 5.68. The maximum Gasteiger partial charge on any atom is 0.305 e. The van der Waals surface area contributed by atoms with Crippen LogP contribution in [-0.4, -0.2) is 18.2 Å². The quantitative estimate of drug-likeness (QED) is 0.277. The summed E-state index contributed by atoms with van der Waals surface area (Å²) < 4.78 is 10.1.